The molecule has 19 heavy (non-hydrogen) atoms. The molecule has 0 aromatic heterocycles. The Morgan fingerprint density at radius 2 is 1.84 bits per heavy atom. The van der Waals surface area contributed by atoms with Gasteiger partial charge in [-0.1, -0.05) is 0 Å². The van der Waals surface area contributed by atoms with Crippen molar-refractivity contribution >= 4 is 11.9 Å². The molecule has 0 unspecified atom stereocenters. The molecule has 0 spiro atoms. The van der Waals surface area contributed by atoms with Gasteiger partial charge in [0.15, 0.2) is 6.61 Å². The Balaban J connectivity index is 1.97. The predicted molar refractivity (Wildman–Crippen MR) is 66.3 cm³/mol. The van der Waals surface area contributed by atoms with Crippen LogP contribution in [0, 0.1) is 0 Å². The second-order valence-corrected chi connectivity index (χ2v) is 4.11. The number of aliphatic carboxylic acids is 1. The van der Waals surface area contributed by atoms with Gasteiger partial charge in [0.25, 0.3) is 5.91 Å². The van der Waals surface area contributed by atoms with E-state index in [0.717, 1.165) is 0 Å². The van der Waals surface area contributed by atoms with Gasteiger partial charge >= 0.3 is 5.97 Å². The summed E-state index contributed by atoms with van der Waals surface area (Å²) in [6.45, 7) is 1.92. The quantitative estimate of drug-likeness (QED) is 0.863. The van der Waals surface area contributed by atoms with E-state index in [1.807, 2.05) is 0 Å². The third-order valence-electron chi connectivity index (χ3n) is 2.76. The Kier molecular flexibility index (Phi) is 4.35. The summed E-state index contributed by atoms with van der Waals surface area (Å²) in [4.78, 5) is 24.2. The zero-order chi connectivity index (χ0) is 13.7. The van der Waals surface area contributed by atoms with Crippen LogP contribution in [0.2, 0.25) is 0 Å². The largest absolute Gasteiger partial charge is 0.482 e. The normalized spacial score (nSPS) is 15.1. The van der Waals surface area contributed by atoms with Gasteiger partial charge in [-0.3, -0.25) is 4.79 Å². The highest BCUT2D eigenvalue weighted by Gasteiger charge is 2.18. The molecule has 0 atom stereocenters. The average Bonchev–Trinajstić information content (AvgIpc) is 2.46. The first-order chi connectivity index (χ1) is 9.16. The lowest BCUT2D eigenvalue weighted by Crippen LogP contribution is -2.40. The Bertz CT molecular complexity index is 451. The van der Waals surface area contributed by atoms with E-state index in [9.17, 15) is 9.59 Å². The molecule has 1 fully saturated rings. The van der Waals surface area contributed by atoms with Crippen LogP contribution in [0.15, 0.2) is 24.3 Å². The van der Waals surface area contributed by atoms with Crippen LogP contribution < -0.4 is 4.74 Å². The Labute approximate surface area is 110 Å². The number of carbonyl (C=O) groups excluding carboxylic acids is 1. The number of benzene rings is 1. The number of morpholine rings is 1. The van der Waals surface area contributed by atoms with E-state index in [-0.39, 0.29) is 5.91 Å². The molecule has 0 aliphatic carbocycles. The number of carbonyl (C=O) groups is 2. The molecule has 1 heterocycles. The minimum atomic E-state index is -1.03. The van der Waals surface area contributed by atoms with Crippen LogP contribution >= 0.6 is 0 Å². The van der Waals surface area contributed by atoms with E-state index in [0.29, 0.717) is 37.6 Å². The van der Waals surface area contributed by atoms with Crippen LogP contribution in [0.3, 0.4) is 0 Å². The maximum Gasteiger partial charge on any atom is 0.341 e. The smallest absolute Gasteiger partial charge is 0.341 e. The number of amides is 1. The van der Waals surface area contributed by atoms with Gasteiger partial charge in [0.05, 0.1) is 13.2 Å². The second kappa shape index (κ2) is 6.19. The fourth-order valence-electron chi connectivity index (χ4n) is 1.79. The Morgan fingerprint density at radius 1 is 1.21 bits per heavy atom. The number of carboxylic acid groups (broad SMARTS) is 1. The number of nitrogens with zero attached hydrogens (tertiary/aromatic N) is 1. The van der Waals surface area contributed by atoms with Crippen LogP contribution in [0.1, 0.15) is 10.4 Å². The molecule has 0 bridgehead atoms. The first-order valence-corrected chi connectivity index (χ1v) is 5.98. The Hall–Kier alpha value is -2.08. The Morgan fingerprint density at radius 3 is 2.42 bits per heavy atom. The van der Waals surface area contributed by atoms with Crippen molar-refractivity contribution in [1.82, 2.24) is 4.90 Å². The van der Waals surface area contributed by atoms with Crippen LogP contribution in [-0.2, 0) is 9.53 Å². The van der Waals surface area contributed by atoms with Gasteiger partial charge in [-0.05, 0) is 24.3 Å². The summed E-state index contributed by atoms with van der Waals surface area (Å²) in [5.74, 6) is -0.650. The van der Waals surface area contributed by atoms with Crippen molar-refractivity contribution in [3.63, 3.8) is 0 Å². The van der Waals surface area contributed by atoms with Gasteiger partial charge in [0, 0.05) is 18.7 Å². The first kappa shape index (κ1) is 13.4. The van der Waals surface area contributed by atoms with Gasteiger partial charge in [-0.25, -0.2) is 4.79 Å². The number of rotatable bonds is 4. The molecule has 2 rings (SSSR count). The lowest BCUT2D eigenvalue weighted by atomic mass is 10.2. The van der Waals surface area contributed by atoms with Crippen molar-refractivity contribution in [2.75, 3.05) is 32.9 Å². The molecule has 1 amide bonds. The van der Waals surface area contributed by atoms with Crippen molar-refractivity contribution in [3.05, 3.63) is 29.8 Å². The molecular formula is C13H15NO5. The standard InChI is InChI=1S/C13H15NO5/c15-12(16)9-19-11-3-1-10(2-4-11)13(17)14-5-7-18-8-6-14/h1-4H,5-9H2,(H,15,16). The molecule has 0 saturated carbocycles. The van der Waals surface area contributed by atoms with E-state index >= 15 is 0 Å². The van der Waals surface area contributed by atoms with Crippen molar-refractivity contribution in [1.29, 1.82) is 0 Å². The molecule has 1 aliphatic rings. The van der Waals surface area contributed by atoms with E-state index in [1.54, 1.807) is 29.2 Å². The maximum absolute atomic E-state index is 12.1. The summed E-state index contributed by atoms with van der Waals surface area (Å²) < 4.78 is 10.2. The van der Waals surface area contributed by atoms with Crippen molar-refractivity contribution in [2.45, 2.75) is 0 Å². The minimum absolute atomic E-state index is 0.0481. The molecule has 1 N–H and O–H groups in total. The zero-order valence-corrected chi connectivity index (χ0v) is 10.4. The van der Waals surface area contributed by atoms with Gasteiger partial charge in [-0.15, -0.1) is 0 Å². The number of hydrogen-bond donors (Lipinski definition) is 1. The predicted octanol–water partition coefficient (Wildman–Crippen LogP) is 0.622. The van der Waals surface area contributed by atoms with Crippen LogP contribution in [0.4, 0.5) is 0 Å². The lowest BCUT2D eigenvalue weighted by Gasteiger charge is -2.26. The molecule has 1 aromatic carbocycles. The second-order valence-electron chi connectivity index (χ2n) is 4.11. The van der Waals surface area contributed by atoms with E-state index in [4.69, 9.17) is 14.6 Å². The maximum atomic E-state index is 12.1. The highest BCUT2D eigenvalue weighted by atomic mass is 16.5. The summed E-state index contributed by atoms with van der Waals surface area (Å²) >= 11 is 0. The van der Waals surface area contributed by atoms with E-state index in [1.165, 1.54) is 0 Å². The highest BCUT2D eigenvalue weighted by Crippen LogP contribution is 2.14. The summed E-state index contributed by atoms with van der Waals surface area (Å²) in [5, 5.41) is 8.49. The topological polar surface area (TPSA) is 76.1 Å². The molecule has 102 valence electrons. The van der Waals surface area contributed by atoms with Gasteiger partial charge < -0.3 is 19.5 Å². The third kappa shape index (κ3) is 3.69. The molecule has 0 radical (unpaired) electrons. The van der Waals surface area contributed by atoms with E-state index in [2.05, 4.69) is 0 Å². The van der Waals surface area contributed by atoms with Crippen LogP contribution in [-0.4, -0.2) is 54.8 Å². The average molecular weight is 265 g/mol. The fraction of sp³-hybridized carbons (Fsp3) is 0.385. The monoisotopic (exact) mass is 265 g/mol. The van der Waals surface area contributed by atoms with Gasteiger partial charge in [0.2, 0.25) is 0 Å². The SMILES string of the molecule is O=C(O)COc1ccc(C(=O)N2CCOCC2)cc1. The van der Waals surface area contributed by atoms with Crippen LogP contribution in [0.25, 0.3) is 0 Å². The number of hydrogen-bond acceptors (Lipinski definition) is 4. The fourth-order valence-corrected chi connectivity index (χ4v) is 1.79. The molecule has 1 aromatic rings. The number of ether oxygens (including phenoxy) is 2. The summed E-state index contributed by atoms with van der Waals surface area (Å²) in [6, 6.07) is 6.46. The van der Waals surface area contributed by atoms with Crippen molar-refractivity contribution < 1.29 is 24.2 Å². The molecule has 6 nitrogen and oxygen atoms in total. The van der Waals surface area contributed by atoms with Crippen molar-refractivity contribution in [2.24, 2.45) is 0 Å². The highest BCUT2D eigenvalue weighted by molar-refractivity contribution is 5.94. The van der Waals surface area contributed by atoms with E-state index < -0.39 is 12.6 Å². The molecule has 6 heteroatoms. The summed E-state index contributed by atoms with van der Waals surface area (Å²) in [6.07, 6.45) is 0. The molecular weight excluding hydrogens is 250 g/mol. The first-order valence-electron chi connectivity index (χ1n) is 5.98. The van der Waals surface area contributed by atoms with Crippen LogP contribution in [0.5, 0.6) is 5.75 Å². The molecule has 1 aliphatic heterocycles. The zero-order valence-electron chi connectivity index (χ0n) is 10.4. The number of carboxylic acids is 1. The summed E-state index contributed by atoms with van der Waals surface area (Å²) in [7, 11) is 0. The van der Waals surface area contributed by atoms with Crippen molar-refractivity contribution in [3.8, 4) is 5.75 Å². The lowest BCUT2D eigenvalue weighted by molar-refractivity contribution is -0.139. The van der Waals surface area contributed by atoms with Gasteiger partial charge in [0.1, 0.15) is 5.75 Å². The summed E-state index contributed by atoms with van der Waals surface area (Å²) in [5.41, 5.74) is 0.560. The van der Waals surface area contributed by atoms with Gasteiger partial charge in [-0.2, -0.15) is 0 Å². The minimum Gasteiger partial charge on any atom is -0.482 e. The third-order valence-corrected chi connectivity index (χ3v) is 2.76. The molecule has 1 saturated heterocycles.